The minimum absolute atomic E-state index is 0.0114. The number of nitrogens with one attached hydrogen (secondary N) is 1. The van der Waals surface area contributed by atoms with E-state index in [0.717, 1.165) is 0 Å². The number of rotatable bonds is 5. The van der Waals surface area contributed by atoms with Gasteiger partial charge in [0.05, 0.1) is 31.1 Å². The molecule has 1 aliphatic heterocycles. The van der Waals surface area contributed by atoms with Gasteiger partial charge in [0.25, 0.3) is 0 Å². The van der Waals surface area contributed by atoms with E-state index in [1.54, 1.807) is 6.92 Å². The summed E-state index contributed by atoms with van der Waals surface area (Å²) >= 11 is 0. The van der Waals surface area contributed by atoms with Crippen LogP contribution < -0.4 is 5.32 Å². The number of ether oxygens (including phenoxy) is 2. The molecule has 1 aliphatic rings. The average Bonchev–Trinajstić information content (AvgIpc) is 2.27. The molecule has 1 fully saturated rings. The van der Waals surface area contributed by atoms with Crippen molar-refractivity contribution >= 4 is 0 Å². The topological polar surface area (TPSA) is 91.2 Å². The van der Waals surface area contributed by atoms with Gasteiger partial charge in [-0.3, -0.25) is 0 Å². The van der Waals surface area contributed by atoms with E-state index in [1.807, 2.05) is 0 Å². The maximum atomic E-state index is 10.1. The Bertz CT molecular complexity index is 260. The van der Waals surface area contributed by atoms with Gasteiger partial charge < -0.3 is 30.1 Å². The Morgan fingerprint density at radius 1 is 1.53 bits per heavy atom. The second-order valence-electron chi connectivity index (χ2n) is 4.23. The lowest BCUT2D eigenvalue weighted by Crippen LogP contribution is -2.63. The van der Waals surface area contributed by atoms with Crippen molar-refractivity contribution in [2.45, 2.75) is 37.4 Å². The molecule has 0 spiro atoms. The highest BCUT2D eigenvalue weighted by Gasteiger charge is 2.43. The highest BCUT2D eigenvalue weighted by molar-refractivity contribution is 4.97. The standard InChI is InChI=1S/C11H21NO5/c1-6(14)4-12-9-7(2)17-8(5-13)11(16-3)10(9)15/h7-15H,1,4-5H2,2-3H3. The van der Waals surface area contributed by atoms with Crippen LogP contribution in [0.3, 0.4) is 0 Å². The van der Waals surface area contributed by atoms with Gasteiger partial charge in [-0.2, -0.15) is 0 Å². The molecule has 1 heterocycles. The molecule has 0 aromatic rings. The lowest BCUT2D eigenvalue weighted by atomic mass is 9.93. The summed E-state index contributed by atoms with van der Waals surface area (Å²) in [4.78, 5) is 0. The number of hydrogen-bond donors (Lipinski definition) is 4. The van der Waals surface area contributed by atoms with E-state index in [9.17, 15) is 5.11 Å². The Balaban J connectivity index is 2.67. The summed E-state index contributed by atoms with van der Waals surface area (Å²) < 4.78 is 10.7. The molecule has 0 aliphatic carbocycles. The molecule has 0 radical (unpaired) electrons. The van der Waals surface area contributed by atoms with Crippen LogP contribution >= 0.6 is 0 Å². The zero-order valence-electron chi connectivity index (χ0n) is 10.2. The molecule has 6 nitrogen and oxygen atoms in total. The van der Waals surface area contributed by atoms with Crippen molar-refractivity contribution in [1.29, 1.82) is 0 Å². The normalized spacial score (nSPS) is 38.0. The molecule has 0 bridgehead atoms. The van der Waals surface area contributed by atoms with Gasteiger partial charge in [0.1, 0.15) is 18.3 Å². The minimum atomic E-state index is -0.819. The first-order valence-electron chi connectivity index (χ1n) is 5.58. The van der Waals surface area contributed by atoms with E-state index in [-0.39, 0.29) is 31.1 Å². The molecule has 17 heavy (non-hydrogen) atoms. The van der Waals surface area contributed by atoms with Crippen molar-refractivity contribution < 1.29 is 24.8 Å². The van der Waals surface area contributed by atoms with Crippen LogP contribution in [0.1, 0.15) is 6.92 Å². The van der Waals surface area contributed by atoms with Crippen molar-refractivity contribution in [3.63, 3.8) is 0 Å². The lowest BCUT2D eigenvalue weighted by Gasteiger charge is -2.43. The number of methoxy groups -OCH3 is 1. The Labute approximate surface area is 101 Å². The van der Waals surface area contributed by atoms with E-state index < -0.39 is 18.3 Å². The quantitative estimate of drug-likeness (QED) is 0.474. The van der Waals surface area contributed by atoms with E-state index in [1.165, 1.54) is 7.11 Å². The third-order valence-electron chi connectivity index (χ3n) is 2.96. The van der Waals surface area contributed by atoms with Crippen LogP contribution in [0.25, 0.3) is 0 Å². The summed E-state index contributed by atoms with van der Waals surface area (Å²) in [5.74, 6) is -0.0114. The summed E-state index contributed by atoms with van der Waals surface area (Å²) in [7, 11) is 1.46. The van der Waals surface area contributed by atoms with Gasteiger partial charge in [0.2, 0.25) is 0 Å². The molecule has 6 heteroatoms. The molecule has 0 saturated carbocycles. The maximum Gasteiger partial charge on any atom is 0.113 e. The SMILES string of the molecule is C=C(O)CNC1C(C)OC(CO)C(OC)C1O. The first-order valence-corrected chi connectivity index (χ1v) is 5.58. The first kappa shape index (κ1) is 14.4. The summed E-state index contributed by atoms with van der Waals surface area (Å²) in [6, 6.07) is -0.383. The second-order valence-corrected chi connectivity index (χ2v) is 4.23. The second kappa shape index (κ2) is 6.32. The highest BCUT2D eigenvalue weighted by atomic mass is 16.6. The van der Waals surface area contributed by atoms with Gasteiger partial charge in [-0.05, 0) is 6.92 Å². The molecule has 5 unspecified atom stereocenters. The molecule has 0 aromatic carbocycles. The number of aliphatic hydroxyl groups is 3. The molecule has 100 valence electrons. The van der Waals surface area contributed by atoms with Crippen molar-refractivity contribution in [1.82, 2.24) is 5.32 Å². The first-order chi connectivity index (χ1) is 8.01. The molecular formula is C11H21NO5. The minimum Gasteiger partial charge on any atom is -0.512 e. The van der Waals surface area contributed by atoms with Crippen LogP contribution in [0, 0.1) is 0 Å². The smallest absolute Gasteiger partial charge is 0.113 e. The Hall–Kier alpha value is -0.660. The Morgan fingerprint density at radius 3 is 2.65 bits per heavy atom. The van der Waals surface area contributed by atoms with Gasteiger partial charge in [-0.25, -0.2) is 0 Å². The number of hydrogen-bond acceptors (Lipinski definition) is 6. The van der Waals surface area contributed by atoms with Gasteiger partial charge in [0, 0.05) is 7.11 Å². The van der Waals surface area contributed by atoms with Crippen LogP contribution in [0.4, 0.5) is 0 Å². The molecule has 5 atom stereocenters. The third kappa shape index (κ3) is 3.40. The molecule has 0 amide bonds. The highest BCUT2D eigenvalue weighted by Crippen LogP contribution is 2.22. The summed E-state index contributed by atoms with van der Waals surface area (Å²) in [5, 5.41) is 31.2. The van der Waals surface area contributed by atoms with Crippen LogP contribution in [0.2, 0.25) is 0 Å². The van der Waals surface area contributed by atoms with Gasteiger partial charge in [-0.1, -0.05) is 6.58 Å². The third-order valence-corrected chi connectivity index (χ3v) is 2.96. The average molecular weight is 247 g/mol. The Kier molecular flexibility index (Phi) is 5.35. The van der Waals surface area contributed by atoms with Crippen molar-refractivity contribution in [2.75, 3.05) is 20.3 Å². The van der Waals surface area contributed by atoms with Crippen molar-refractivity contribution in [2.24, 2.45) is 0 Å². The van der Waals surface area contributed by atoms with Gasteiger partial charge >= 0.3 is 0 Å². The summed E-state index contributed by atoms with van der Waals surface area (Å²) in [6.45, 7) is 5.11. The van der Waals surface area contributed by atoms with Crippen molar-refractivity contribution in [3.05, 3.63) is 12.3 Å². The Morgan fingerprint density at radius 2 is 2.18 bits per heavy atom. The fraction of sp³-hybridized carbons (Fsp3) is 0.818. The monoisotopic (exact) mass is 247 g/mol. The van der Waals surface area contributed by atoms with Crippen LogP contribution in [0.15, 0.2) is 12.3 Å². The molecule has 1 rings (SSSR count). The van der Waals surface area contributed by atoms with Gasteiger partial charge in [-0.15, -0.1) is 0 Å². The summed E-state index contributed by atoms with van der Waals surface area (Å²) in [5.41, 5.74) is 0. The lowest BCUT2D eigenvalue weighted by molar-refractivity contribution is -0.198. The fourth-order valence-electron chi connectivity index (χ4n) is 2.10. The van der Waals surface area contributed by atoms with E-state index in [0.29, 0.717) is 0 Å². The fourth-order valence-corrected chi connectivity index (χ4v) is 2.10. The van der Waals surface area contributed by atoms with Crippen LogP contribution in [0.5, 0.6) is 0 Å². The summed E-state index contributed by atoms with van der Waals surface area (Å²) in [6.07, 6.45) is -2.26. The maximum absolute atomic E-state index is 10.1. The predicted octanol–water partition coefficient (Wildman–Crippen LogP) is -0.828. The van der Waals surface area contributed by atoms with Gasteiger partial charge in [0.15, 0.2) is 0 Å². The van der Waals surface area contributed by atoms with E-state index >= 15 is 0 Å². The molecule has 1 saturated heterocycles. The molecule has 0 aromatic heterocycles. The predicted molar refractivity (Wildman–Crippen MR) is 61.8 cm³/mol. The van der Waals surface area contributed by atoms with Crippen molar-refractivity contribution in [3.8, 4) is 0 Å². The van der Waals surface area contributed by atoms with Crippen LogP contribution in [-0.4, -0.2) is 66.0 Å². The zero-order valence-corrected chi connectivity index (χ0v) is 10.2. The molecular weight excluding hydrogens is 226 g/mol. The largest absolute Gasteiger partial charge is 0.512 e. The zero-order chi connectivity index (χ0) is 13.0. The van der Waals surface area contributed by atoms with E-state index in [2.05, 4.69) is 11.9 Å². The molecule has 4 N–H and O–H groups in total. The van der Waals surface area contributed by atoms with E-state index in [4.69, 9.17) is 19.7 Å². The number of aliphatic hydroxyl groups excluding tert-OH is 3. The van der Waals surface area contributed by atoms with Crippen LogP contribution in [-0.2, 0) is 9.47 Å².